The van der Waals surface area contributed by atoms with Crippen LogP contribution in [0.25, 0.3) is 0 Å². The quantitative estimate of drug-likeness (QED) is 0.838. The Morgan fingerprint density at radius 1 is 1.22 bits per heavy atom. The van der Waals surface area contributed by atoms with E-state index in [1.54, 1.807) is 12.4 Å². The van der Waals surface area contributed by atoms with Crippen LogP contribution in [0.3, 0.4) is 0 Å². The first kappa shape index (κ1) is 13.2. The van der Waals surface area contributed by atoms with Gasteiger partial charge in [0, 0.05) is 38.1 Å². The zero-order valence-electron chi connectivity index (χ0n) is 11.6. The van der Waals surface area contributed by atoms with Crippen LogP contribution in [0.4, 0.5) is 5.82 Å². The summed E-state index contributed by atoms with van der Waals surface area (Å²) < 4.78 is 0. The van der Waals surface area contributed by atoms with Crippen molar-refractivity contribution in [2.24, 2.45) is 5.73 Å². The Labute approximate surface area is 109 Å². The molecule has 100 valence electrons. The monoisotopic (exact) mass is 249 g/mol. The molecule has 1 aromatic heterocycles. The van der Waals surface area contributed by atoms with E-state index in [0.29, 0.717) is 6.54 Å². The summed E-state index contributed by atoms with van der Waals surface area (Å²) in [6.07, 6.45) is 7.25. The van der Waals surface area contributed by atoms with Gasteiger partial charge in [0.25, 0.3) is 0 Å². The molecule has 5 nitrogen and oxygen atoms in total. The molecule has 1 aliphatic carbocycles. The standard InChI is InChI=1S/C13H23N5/c1-17(2)13(5-4-6-13)10-18(3)12-11(9-14)15-7-8-16-12/h7-8H,4-6,9-10,14H2,1-3H3. The lowest BCUT2D eigenvalue weighted by Crippen LogP contribution is -2.57. The second kappa shape index (κ2) is 5.20. The van der Waals surface area contributed by atoms with E-state index in [4.69, 9.17) is 5.73 Å². The summed E-state index contributed by atoms with van der Waals surface area (Å²) in [4.78, 5) is 13.2. The van der Waals surface area contributed by atoms with Gasteiger partial charge in [-0.1, -0.05) is 0 Å². The molecule has 0 atom stereocenters. The third-order valence-electron chi connectivity index (χ3n) is 4.07. The topological polar surface area (TPSA) is 58.3 Å². The van der Waals surface area contributed by atoms with E-state index < -0.39 is 0 Å². The number of hydrogen-bond acceptors (Lipinski definition) is 5. The van der Waals surface area contributed by atoms with Gasteiger partial charge in [0.1, 0.15) is 0 Å². The van der Waals surface area contributed by atoms with E-state index in [1.165, 1.54) is 19.3 Å². The van der Waals surface area contributed by atoms with Crippen molar-refractivity contribution in [1.82, 2.24) is 14.9 Å². The van der Waals surface area contributed by atoms with Gasteiger partial charge in [0.15, 0.2) is 5.82 Å². The molecule has 2 N–H and O–H groups in total. The number of nitrogens with zero attached hydrogens (tertiary/aromatic N) is 4. The Kier molecular flexibility index (Phi) is 3.82. The minimum Gasteiger partial charge on any atom is -0.356 e. The Morgan fingerprint density at radius 2 is 1.89 bits per heavy atom. The third kappa shape index (κ3) is 2.33. The Morgan fingerprint density at radius 3 is 2.39 bits per heavy atom. The first-order valence-corrected chi connectivity index (χ1v) is 6.47. The van der Waals surface area contributed by atoms with E-state index in [1.807, 2.05) is 0 Å². The molecule has 0 aliphatic heterocycles. The molecule has 1 fully saturated rings. The van der Waals surface area contributed by atoms with Crippen LogP contribution >= 0.6 is 0 Å². The smallest absolute Gasteiger partial charge is 0.151 e. The fourth-order valence-electron chi connectivity index (χ4n) is 2.67. The maximum Gasteiger partial charge on any atom is 0.151 e. The van der Waals surface area contributed by atoms with E-state index in [0.717, 1.165) is 18.1 Å². The highest BCUT2D eigenvalue weighted by Gasteiger charge is 2.40. The van der Waals surface area contributed by atoms with Gasteiger partial charge < -0.3 is 15.5 Å². The molecule has 2 rings (SSSR count). The molecular formula is C13H23N5. The van der Waals surface area contributed by atoms with Crippen molar-refractivity contribution in [1.29, 1.82) is 0 Å². The molecule has 0 radical (unpaired) electrons. The predicted octanol–water partition coefficient (Wildman–Crippen LogP) is 0.856. The molecule has 5 heteroatoms. The number of likely N-dealkylation sites (N-methyl/N-ethyl adjacent to an activating group) is 2. The molecule has 0 unspecified atom stereocenters. The molecule has 1 aromatic rings. The maximum atomic E-state index is 5.72. The highest BCUT2D eigenvalue weighted by Crippen LogP contribution is 2.37. The summed E-state index contributed by atoms with van der Waals surface area (Å²) in [5, 5.41) is 0. The van der Waals surface area contributed by atoms with Crippen LogP contribution < -0.4 is 10.6 Å². The lowest BCUT2D eigenvalue weighted by atomic mass is 9.75. The van der Waals surface area contributed by atoms with Gasteiger partial charge in [-0.25, -0.2) is 4.98 Å². The van der Waals surface area contributed by atoms with E-state index in [9.17, 15) is 0 Å². The summed E-state index contributed by atoms with van der Waals surface area (Å²) in [6, 6.07) is 0. The van der Waals surface area contributed by atoms with Crippen molar-refractivity contribution in [3.63, 3.8) is 0 Å². The van der Waals surface area contributed by atoms with Gasteiger partial charge in [0.05, 0.1) is 5.69 Å². The summed E-state index contributed by atoms with van der Waals surface area (Å²) in [7, 11) is 6.40. The van der Waals surface area contributed by atoms with Crippen LogP contribution in [0.2, 0.25) is 0 Å². The number of aromatic nitrogens is 2. The van der Waals surface area contributed by atoms with Crippen molar-refractivity contribution in [3.8, 4) is 0 Å². The average molecular weight is 249 g/mol. The van der Waals surface area contributed by atoms with Crippen LogP contribution in [0.15, 0.2) is 12.4 Å². The van der Waals surface area contributed by atoms with Gasteiger partial charge in [-0.05, 0) is 33.4 Å². The highest BCUT2D eigenvalue weighted by atomic mass is 15.3. The highest BCUT2D eigenvalue weighted by molar-refractivity contribution is 5.42. The van der Waals surface area contributed by atoms with Crippen molar-refractivity contribution < 1.29 is 0 Å². The van der Waals surface area contributed by atoms with Gasteiger partial charge in [-0.15, -0.1) is 0 Å². The maximum absolute atomic E-state index is 5.72. The summed E-state index contributed by atoms with van der Waals surface area (Å²) in [5.74, 6) is 0.910. The molecule has 18 heavy (non-hydrogen) atoms. The fourth-order valence-corrected chi connectivity index (χ4v) is 2.67. The minimum absolute atomic E-state index is 0.290. The molecule has 0 saturated heterocycles. The predicted molar refractivity (Wildman–Crippen MR) is 73.5 cm³/mol. The van der Waals surface area contributed by atoms with E-state index in [2.05, 4.69) is 40.9 Å². The van der Waals surface area contributed by atoms with Gasteiger partial charge >= 0.3 is 0 Å². The second-order valence-corrected chi connectivity index (χ2v) is 5.36. The summed E-state index contributed by atoms with van der Waals surface area (Å²) in [5.41, 5.74) is 6.88. The number of hydrogen-bond donors (Lipinski definition) is 1. The van der Waals surface area contributed by atoms with Crippen LogP contribution in [-0.2, 0) is 6.54 Å². The molecule has 1 aliphatic rings. The summed E-state index contributed by atoms with van der Waals surface area (Å²) >= 11 is 0. The fraction of sp³-hybridized carbons (Fsp3) is 0.692. The van der Waals surface area contributed by atoms with E-state index >= 15 is 0 Å². The van der Waals surface area contributed by atoms with Crippen LogP contribution in [-0.4, -0.2) is 48.1 Å². The summed E-state index contributed by atoms with van der Waals surface area (Å²) in [6.45, 7) is 1.41. The Hall–Kier alpha value is -1.20. The molecular weight excluding hydrogens is 226 g/mol. The first-order chi connectivity index (χ1) is 8.59. The zero-order valence-corrected chi connectivity index (χ0v) is 11.6. The van der Waals surface area contributed by atoms with Crippen molar-refractivity contribution in [2.45, 2.75) is 31.3 Å². The first-order valence-electron chi connectivity index (χ1n) is 6.47. The Balaban J connectivity index is 2.14. The normalized spacial score (nSPS) is 17.6. The lowest BCUT2D eigenvalue weighted by molar-refractivity contribution is 0.0681. The lowest BCUT2D eigenvalue weighted by Gasteiger charge is -2.49. The van der Waals surface area contributed by atoms with Gasteiger partial charge in [-0.3, -0.25) is 4.98 Å². The SMILES string of the molecule is CN(CC1(N(C)C)CCC1)c1nccnc1CN. The molecule has 0 aromatic carbocycles. The van der Waals surface area contributed by atoms with Crippen molar-refractivity contribution >= 4 is 5.82 Å². The number of nitrogens with two attached hydrogens (primary N) is 1. The van der Waals surface area contributed by atoms with Crippen molar-refractivity contribution in [2.75, 3.05) is 32.6 Å². The van der Waals surface area contributed by atoms with Crippen molar-refractivity contribution in [3.05, 3.63) is 18.1 Å². The average Bonchev–Trinajstić information content (AvgIpc) is 2.33. The Bertz CT molecular complexity index is 400. The number of rotatable bonds is 5. The van der Waals surface area contributed by atoms with Gasteiger partial charge in [-0.2, -0.15) is 0 Å². The molecule has 0 amide bonds. The molecule has 0 spiro atoms. The second-order valence-electron chi connectivity index (χ2n) is 5.36. The molecule has 0 bridgehead atoms. The van der Waals surface area contributed by atoms with Crippen LogP contribution in [0.5, 0.6) is 0 Å². The molecule has 1 saturated carbocycles. The van der Waals surface area contributed by atoms with E-state index in [-0.39, 0.29) is 5.54 Å². The van der Waals surface area contributed by atoms with Crippen LogP contribution in [0.1, 0.15) is 25.0 Å². The van der Waals surface area contributed by atoms with Gasteiger partial charge in [0.2, 0.25) is 0 Å². The molecule has 1 heterocycles. The minimum atomic E-state index is 0.290. The van der Waals surface area contributed by atoms with Crippen LogP contribution in [0, 0.1) is 0 Å². The largest absolute Gasteiger partial charge is 0.356 e. The third-order valence-corrected chi connectivity index (χ3v) is 4.07. The zero-order chi connectivity index (χ0) is 13.2. The number of anilines is 1.